The van der Waals surface area contributed by atoms with Crippen LogP contribution in [0.2, 0.25) is 0 Å². The molecule has 3 N–H and O–H groups in total. The molecule has 5 heteroatoms. The van der Waals surface area contributed by atoms with Crippen molar-refractivity contribution in [1.29, 1.82) is 5.41 Å². The van der Waals surface area contributed by atoms with Crippen LogP contribution in [0.15, 0.2) is 0 Å². The fourth-order valence-corrected chi connectivity index (χ4v) is 1.77. The van der Waals surface area contributed by atoms with Crippen LogP contribution in [0.1, 0.15) is 32.1 Å². The summed E-state index contributed by atoms with van der Waals surface area (Å²) in [5.41, 5.74) is 0. The predicted octanol–water partition coefficient (Wildman–Crippen LogP) is 1.26. The first kappa shape index (κ1) is 17.2. The van der Waals surface area contributed by atoms with Crippen LogP contribution in [0.4, 0.5) is 0 Å². The minimum absolute atomic E-state index is 0.166. The Bertz CT molecular complexity index is 199. The van der Waals surface area contributed by atoms with Gasteiger partial charge in [-0.15, -0.1) is 0 Å². The molecule has 0 aromatic carbocycles. The molecule has 0 rings (SSSR count). The lowest BCUT2D eigenvalue weighted by Gasteiger charge is -2.16. The van der Waals surface area contributed by atoms with Crippen molar-refractivity contribution >= 4 is 6.02 Å². The minimum Gasteiger partial charge on any atom is -0.469 e. The Hall–Kier alpha value is -0.810. The lowest BCUT2D eigenvalue weighted by molar-refractivity contribution is 0.318. The first-order valence-corrected chi connectivity index (χ1v) is 6.90. The van der Waals surface area contributed by atoms with Crippen molar-refractivity contribution in [3.05, 3.63) is 0 Å². The number of nitrogens with zero attached hydrogens (tertiary/aromatic N) is 1. The minimum atomic E-state index is 0.166. The van der Waals surface area contributed by atoms with Crippen molar-refractivity contribution in [3.63, 3.8) is 0 Å². The molecule has 0 unspecified atom stereocenters. The molecule has 0 atom stereocenters. The van der Waals surface area contributed by atoms with E-state index in [4.69, 9.17) is 10.1 Å². The van der Waals surface area contributed by atoms with E-state index in [1.807, 2.05) is 7.05 Å². The zero-order valence-electron chi connectivity index (χ0n) is 12.2. The third-order valence-electron chi connectivity index (χ3n) is 2.92. The van der Waals surface area contributed by atoms with Gasteiger partial charge in [0.1, 0.15) is 0 Å². The topological polar surface area (TPSA) is 60.4 Å². The summed E-state index contributed by atoms with van der Waals surface area (Å²) in [6, 6.07) is 0.166. The van der Waals surface area contributed by atoms with Gasteiger partial charge in [-0.05, 0) is 53.0 Å². The highest BCUT2D eigenvalue weighted by Crippen LogP contribution is 2.00. The van der Waals surface area contributed by atoms with E-state index in [1.54, 1.807) is 0 Å². The maximum Gasteiger partial charge on any atom is 0.281 e. The van der Waals surface area contributed by atoms with Gasteiger partial charge in [0, 0.05) is 6.54 Å². The lowest BCUT2D eigenvalue weighted by atomic mass is 10.2. The maximum absolute atomic E-state index is 7.25. The van der Waals surface area contributed by atoms with Gasteiger partial charge in [-0.2, -0.15) is 0 Å². The molecule has 0 saturated carbocycles. The van der Waals surface area contributed by atoms with E-state index >= 15 is 0 Å². The van der Waals surface area contributed by atoms with E-state index < -0.39 is 0 Å². The van der Waals surface area contributed by atoms with Crippen molar-refractivity contribution < 1.29 is 4.74 Å². The highest BCUT2D eigenvalue weighted by molar-refractivity contribution is 5.69. The summed E-state index contributed by atoms with van der Waals surface area (Å²) >= 11 is 0. The molecule has 0 amide bonds. The Labute approximate surface area is 112 Å². The number of hydrogen-bond donors (Lipinski definition) is 3. The van der Waals surface area contributed by atoms with Crippen LogP contribution >= 0.6 is 0 Å². The van der Waals surface area contributed by atoms with Crippen LogP contribution in [0.25, 0.3) is 0 Å². The van der Waals surface area contributed by atoms with Crippen molar-refractivity contribution in [3.8, 4) is 0 Å². The smallest absolute Gasteiger partial charge is 0.281 e. The number of methoxy groups -OCH3 is 1. The lowest BCUT2D eigenvalue weighted by Crippen LogP contribution is -2.25. The van der Waals surface area contributed by atoms with E-state index in [0.29, 0.717) is 0 Å². The summed E-state index contributed by atoms with van der Waals surface area (Å²) in [6.45, 7) is 4.30. The molecule has 0 radical (unpaired) electrons. The molecule has 108 valence electrons. The Balaban J connectivity index is 3.17. The third-order valence-corrected chi connectivity index (χ3v) is 2.92. The standard InChI is InChI=1S/C13H30N4O/c1-15-9-8-12-17(2)11-7-5-4-6-10-16-13(14)18-3/h15H,4-12H2,1-3H3,(H2,14,16). The van der Waals surface area contributed by atoms with E-state index in [9.17, 15) is 0 Å². The number of unbranched alkanes of at least 4 members (excludes halogenated alkanes) is 3. The van der Waals surface area contributed by atoms with Crippen LogP contribution in [0, 0.1) is 5.41 Å². The average molecular weight is 258 g/mol. The maximum atomic E-state index is 7.25. The molecule has 0 bridgehead atoms. The van der Waals surface area contributed by atoms with Crippen molar-refractivity contribution in [2.45, 2.75) is 32.1 Å². The van der Waals surface area contributed by atoms with Gasteiger partial charge < -0.3 is 20.3 Å². The normalized spacial score (nSPS) is 10.7. The molecular formula is C13H30N4O. The molecule has 0 aliphatic rings. The van der Waals surface area contributed by atoms with Gasteiger partial charge >= 0.3 is 0 Å². The molecule has 0 heterocycles. The Morgan fingerprint density at radius 2 is 1.72 bits per heavy atom. The molecule has 0 spiro atoms. The molecule has 5 nitrogen and oxygen atoms in total. The van der Waals surface area contributed by atoms with Gasteiger partial charge in [-0.3, -0.25) is 5.41 Å². The second-order valence-corrected chi connectivity index (χ2v) is 4.63. The van der Waals surface area contributed by atoms with Crippen LogP contribution in [-0.4, -0.2) is 58.3 Å². The average Bonchev–Trinajstić information content (AvgIpc) is 2.37. The van der Waals surface area contributed by atoms with Crippen LogP contribution in [0.3, 0.4) is 0 Å². The second kappa shape index (κ2) is 12.6. The summed E-state index contributed by atoms with van der Waals surface area (Å²) in [4.78, 5) is 2.40. The summed E-state index contributed by atoms with van der Waals surface area (Å²) < 4.78 is 4.72. The SMILES string of the molecule is CNCCCN(C)CCCCCCNC(=N)OC. The molecule has 0 aliphatic carbocycles. The van der Waals surface area contributed by atoms with Crippen molar-refractivity contribution in [1.82, 2.24) is 15.5 Å². The van der Waals surface area contributed by atoms with Crippen LogP contribution in [-0.2, 0) is 4.74 Å². The molecule has 0 aromatic heterocycles. The van der Waals surface area contributed by atoms with Crippen LogP contribution < -0.4 is 10.6 Å². The molecule has 0 aromatic rings. The number of hydrogen-bond acceptors (Lipinski definition) is 4. The second-order valence-electron chi connectivity index (χ2n) is 4.63. The van der Waals surface area contributed by atoms with Gasteiger partial charge in [0.25, 0.3) is 6.02 Å². The van der Waals surface area contributed by atoms with E-state index in [2.05, 4.69) is 22.6 Å². The van der Waals surface area contributed by atoms with Crippen molar-refractivity contribution in [2.24, 2.45) is 0 Å². The van der Waals surface area contributed by atoms with Gasteiger partial charge in [0.15, 0.2) is 0 Å². The molecule has 0 saturated heterocycles. The van der Waals surface area contributed by atoms with Crippen molar-refractivity contribution in [2.75, 3.05) is 47.4 Å². The molecule has 18 heavy (non-hydrogen) atoms. The summed E-state index contributed by atoms with van der Waals surface area (Å²) in [6.07, 6.45) is 6.07. The first-order chi connectivity index (χ1) is 8.70. The number of ether oxygens (including phenoxy) is 1. The Kier molecular flexibility index (Phi) is 12.1. The Morgan fingerprint density at radius 3 is 2.39 bits per heavy atom. The van der Waals surface area contributed by atoms with Gasteiger partial charge in [-0.1, -0.05) is 12.8 Å². The van der Waals surface area contributed by atoms with Gasteiger partial charge in [0.05, 0.1) is 7.11 Å². The zero-order chi connectivity index (χ0) is 13.6. The number of nitrogens with one attached hydrogen (secondary N) is 3. The summed E-state index contributed by atoms with van der Waals surface area (Å²) in [5, 5.41) is 13.3. The fourth-order valence-electron chi connectivity index (χ4n) is 1.77. The number of rotatable bonds is 11. The zero-order valence-corrected chi connectivity index (χ0v) is 12.2. The predicted molar refractivity (Wildman–Crippen MR) is 77.2 cm³/mol. The number of amidine groups is 1. The molecular weight excluding hydrogens is 228 g/mol. The first-order valence-electron chi connectivity index (χ1n) is 6.90. The van der Waals surface area contributed by atoms with Gasteiger partial charge in [0.2, 0.25) is 0 Å². The van der Waals surface area contributed by atoms with E-state index in [-0.39, 0.29) is 6.02 Å². The van der Waals surface area contributed by atoms with E-state index in [1.165, 1.54) is 45.9 Å². The van der Waals surface area contributed by atoms with Gasteiger partial charge in [-0.25, -0.2) is 0 Å². The Morgan fingerprint density at radius 1 is 1.06 bits per heavy atom. The summed E-state index contributed by atoms with van der Waals surface area (Å²) in [5.74, 6) is 0. The monoisotopic (exact) mass is 258 g/mol. The fraction of sp³-hybridized carbons (Fsp3) is 0.923. The van der Waals surface area contributed by atoms with E-state index in [0.717, 1.165) is 19.5 Å². The molecule has 0 fully saturated rings. The summed E-state index contributed by atoms with van der Waals surface area (Å²) in [7, 11) is 5.70. The quantitative estimate of drug-likeness (QED) is 0.297. The molecule has 0 aliphatic heterocycles. The highest BCUT2D eigenvalue weighted by atomic mass is 16.5. The van der Waals surface area contributed by atoms with Crippen LogP contribution in [0.5, 0.6) is 0 Å². The third kappa shape index (κ3) is 11.7. The largest absolute Gasteiger partial charge is 0.469 e. The highest BCUT2D eigenvalue weighted by Gasteiger charge is 1.98.